The van der Waals surface area contributed by atoms with Crippen LogP contribution in [0.3, 0.4) is 0 Å². The Labute approximate surface area is 179 Å². The number of anilines is 1. The number of nitrogens with zero attached hydrogens (tertiary/aromatic N) is 3. The van der Waals surface area contributed by atoms with E-state index in [1.165, 1.54) is 10.9 Å². The van der Waals surface area contributed by atoms with Crippen molar-refractivity contribution in [2.45, 2.75) is 20.4 Å². The third-order valence-corrected chi connectivity index (χ3v) is 5.31. The van der Waals surface area contributed by atoms with E-state index in [0.29, 0.717) is 11.0 Å². The zero-order chi connectivity index (χ0) is 22.1. The Kier molecular flexibility index (Phi) is 5.33. The van der Waals surface area contributed by atoms with E-state index in [-0.39, 0.29) is 18.0 Å². The van der Waals surface area contributed by atoms with E-state index in [4.69, 9.17) is 4.74 Å². The van der Waals surface area contributed by atoms with Crippen LogP contribution in [-0.4, -0.2) is 27.1 Å². The first-order chi connectivity index (χ1) is 14.9. The van der Waals surface area contributed by atoms with Crippen LogP contribution in [-0.2, 0) is 18.4 Å². The number of aryl methyl sites for hydroxylation is 3. The largest absolute Gasteiger partial charge is 0.497 e. The molecule has 0 aliphatic heterocycles. The molecule has 4 aromatic rings. The lowest BCUT2D eigenvalue weighted by molar-refractivity contribution is -0.116. The lowest BCUT2D eigenvalue weighted by Gasteiger charge is -2.10. The van der Waals surface area contributed by atoms with Gasteiger partial charge in [0.15, 0.2) is 0 Å². The Bertz CT molecular complexity index is 1350. The number of methoxy groups -OCH3 is 1. The molecule has 0 aliphatic rings. The van der Waals surface area contributed by atoms with Gasteiger partial charge in [-0.05, 0) is 48.7 Å². The second-order valence-corrected chi connectivity index (χ2v) is 7.63. The molecule has 1 amide bonds. The van der Waals surface area contributed by atoms with Crippen molar-refractivity contribution in [3.63, 3.8) is 0 Å². The van der Waals surface area contributed by atoms with Crippen molar-refractivity contribution in [3.8, 4) is 16.9 Å². The fourth-order valence-electron chi connectivity index (χ4n) is 3.64. The monoisotopic (exact) mass is 416 g/mol. The summed E-state index contributed by atoms with van der Waals surface area (Å²) in [5.74, 6) is 0.449. The SMILES string of the molecule is COc1cccc(-c2cn(C)c3c(=O)n(CC(=O)Nc4cc(C)ccc4C)cnc23)c1. The average molecular weight is 416 g/mol. The lowest BCUT2D eigenvalue weighted by atomic mass is 10.1. The number of benzene rings is 2. The Balaban J connectivity index is 1.67. The van der Waals surface area contributed by atoms with E-state index >= 15 is 0 Å². The molecule has 7 nitrogen and oxygen atoms in total. The van der Waals surface area contributed by atoms with Crippen molar-refractivity contribution < 1.29 is 9.53 Å². The lowest BCUT2D eigenvalue weighted by Crippen LogP contribution is -2.28. The summed E-state index contributed by atoms with van der Waals surface area (Å²) in [6.45, 7) is 3.78. The van der Waals surface area contributed by atoms with E-state index in [2.05, 4.69) is 10.3 Å². The highest BCUT2D eigenvalue weighted by Crippen LogP contribution is 2.29. The summed E-state index contributed by atoms with van der Waals surface area (Å²) < 4.78 is 8.39. The highest BCUT2D eigenvalue weighted by atomic mass is 16.5. The van der Waals surface area contributed by atoms with Crippen molar-refractivity contribution in [2.75, 3.05) is 12.4 Å². The Morgan fingerprint density at radius 3 is 2.74 bits per heavy atom. The van der Waals surface area contributed by atoms with Crippen LogP contribution in [0.15, 0.2) is 59.8 Å². The van der Waals surface area contributed by atoms with Crippen LogP contribution >= 0.6 is 0 Å². The van der Waals surface area contributed by atoms with E-state index in [9.17, 15) is 9.59 Å². The molecule has 0 unspecified atom stereocenters. The number of hydrogen-bond donors (Lipinski definition) is 1. The molecule has 31 heavy (non-hydrogen) atoms. The van der Waals surface area contributed by atoms with Gasteiger partial charge in [0.05, 0.1) is 13.4 Å². The zero-order valence-electron chi connectivity index (χ0n) is 18.0. The zero-order valence-corrected chi connectivity index (χ0v) is 18.0. The fourth-order valence-corrected chi connectivity index (χ4v) is 3.64. The van der Waals surface area contributed by atoms with Crippen LogP contribution in [0.25, 0.3) is 22.2 Å². The van der Waals surface area contributed by atoms with E-state index in [1.54, 1.807) is 18.7 Å². The molecule has 0 saturated heterocycles. The van der Waals surface area contributed by atoms with E-state index < -0.39 is 0 Å². The quantitative estimate of drug-likeness (QED) is 0.539. The van der Waals surface area contributed by atoms with Crippen molar-refractivity contribution in [3.05, 3.63) is 76.5 Å². The summed E-state index contributed by atoms with van der Waals surface area (Å²) in [7, 11) is 3.41. The summed E-state index contributed by atoms with van der Waals surface area (Å²) >= 11 is 0. The molecule has 1 N–H and O–H groups in total. The Morgan fingerprint density at radius 2 is 1.97 bits per heavy atom. The van der Waals surface area contributed by atoms with Crippen molar-refractivity contribution in [1.29, 1.82) is 0 Å². The fraction of sp³-hybridized carbons (Fsp3) is 0.208. The van der Waals surface area contributed by atoms with Crippen LogP contribution in [0.2, 0.25) is 0 Å². The number of hydrogen-bond acceptors (Lipinski definition) is 4. The van der Waals surface area contributed by atoms with Crippen LogP contribution in [0.1, 0.15) is 11.1 Å². The topological polar surface area (TPSA) is 78.1 Å². The van der Waals surface area contributed by atoms with Crippen molar-refractivity contribution >= 4 is 22.6 Å². The Hall–Kier alpha value is -3.87. The van der Waals surface area contributed by atoms with Gasteiger partial charge < -0.3 is 14.6 Å². The number of carbonyl (C=O) groups is 1. The number of rotatable bonds is 5. The van der Waals surface area contributed by atoms with Gasteiger partial charge in [0.25, 0.3) is 5.56 Å². The van der Waals surface area contributed by atoms with Gasteiger partial charge in [-0.2, -0.15) is 0 Å². The molecular weight excluding hydrogens is 392 g/mol. The molecule has 2 aromatic carbocycles. The summed E-state index contributed by atoms with van der Waals surface area (Å²) in [5.41, 5.74) is 5.26. The first kappa shape index (κ1) is 20.4. The van der Waals surface area contributed by atoms with Gasteiger partial charge >= 0.3 is 0 Å². The van der Waals surface area contributed by atoms with Gasteiger partial charge in [-0.15, -0.1) is 0 Å². The minimum Gasteiger partial charge on any atom is -0.497 e. The van der Waals surface area contributed by atoms with Crippen LogP contribution < -0.4 is 15.6 Å². The van der Waals surface area contributed by atoms with Gasteiger partial charge in [0.1, 0.15) is 23.3 Å². The summed E-state index contributed by atoms with van der Waals surface area (Å²) in [4.78, 5) is 30.2. The van der Waals surface area contributed by atoms with Gasteiger partial charge in [-0.3, -0.25) is 14.2 Å². The van der Waals surface area contributed by atoms with Gasteiger partial charge in [-0.1, -0.05) is 24.3 Å². The smallest absolute Gasteiger partial charge is 0.278 e. The second kappa shape index (κ2) is 8.10. The molecule has 4 rings (SSSR count). The molecule has 0 radical (unpaired) electrons. The third-order valence-electron chi connectivity index (χ3n) is 5.31. The third kappa shape index (κ3) is 3.94. The Morgan fingerprint density at radius 1 is 1.16 bits per heavy atom. The van der Waals surface area contributed by atoms with Gasteiger partial charge in [0, 0.05) is 24.5 Å². The maximum absolute atomic E-state index is 13.1. The molecule has 0 fully saturated rings. The summed E-state index contributed by atoms with van der Waals surface area (Å²) in [6, 6.07) is 13.5. The van der Waals surface area contributed by atoms with Gasteiger partial charge in [0.2, 0.25) is 5.91 Å². The maximum atomic E-state index is 13.1. The minimum atomic E-state index is -0.279. The molecule has 0 atom stereocenters. The number of amides is 1. The molecule has 0 spiro atoms. The highest BCUT2D eigenvalue weighted by Gasteiger charge is 2.16. The van der Waals surface area contributed by atoms with Gasteiger partial charge in [-0.25, -0.2) is 4.98 Å². The predicted molar refractivity (Wildman–Crippen MR) is 122 cm³/mol. The molecule has 0 saturated carbocycles. The molecule has 2 heterocycles. The number of ether oxygens (including phenoxy) is 1. The number of carbonyl (C=O) groups excluding carboxylic acids is 1. The summed E-state index contributed by atoms with van der Waals surface area (Å²) in [6.07, 6.45) is 3.30. The van der Waals surface area contributed by atoms with Crippen LogP contribution in [0, 0.1) is 13.8 Å². The van der Waals surface area contributed by atoms with Crippen LogP contribution in [0.5, 0.6) is 5.75 Å². The number of aromatic nitrogens is 3. The molecule has 7 heteroatoms. The standard InChI is InChI=1S/C24H24N4O3/c1-15-8-9-16(2)20(10-15)26-21(29)13-28-14-25-22-19(12-27(3)23(22)24(28)30)17-6-5-7-18(11-17)31-4/h5-12,14H,13H2,1-4H3,(H,26,29). The molecule has 158 valence electrons. The molecular formula is C24H24N4O3. The normalized spacial score (nSPS) is 11.0. The van der Waals surface area contributed by atoms with Crippen molar-refractivity contribution in [1.82, 2.24) is 14.1 Å². The predicted octanol–water partition coefficient (Wildman–Crippen LogP) is 3.67. The first-order valence-corrected chi connectivity index (χ1v) is 9.93. The maximum Gasteiger partial charge on any atom is 0.278 e. The van der Waals surface area contributed by atoms with Crippen LogP contribution in [0.4, 0.5) is 5.69 Å². The molecule has 0 bridgehead atoms. The molecule has 0 aliphatic carbocycles. The number of fused-ring (bicyclic) bond motifs is 1. The highest BCUT2D eigenvalue weighted by molar-refractivity contribution is 5.94. The van der Waals surface area contributed by atoms with E-state index in [1.807, 2.05) is 62.5 Å². The second-order valence-electron chi connectivity index (χ2n) is 7.63. The summed E-state index contributed by atoms with van der Waals surface area (Å²) in [5, 5.41) is 2.89. The first-order valence-electron chi connectivity index (χ1n) is 9.93. The molecule has 2 aromatic heterocycles. The average Bonchev–Trinajstić information content (AvgIpc) is 3.10. The van der Waals surface area contributed by atoms with E-state index in [0.717, 1.165) is 33.7 Å². The minimum absolute atomic E-state index is 0.116. The van der Waals surface area contributed by atoms with Crippen molar-refractivity contribution in [2.24, 2.45) is 7.05 Å². The number of nitrogens with one attached hydrogen (secondary N) is 1.